The van der Waals surface area contributed by atoms with Crippen LogP contribution in [0.1, 0.15) is 5.76 Å². The average molecular weight is 274 g/mol. The average Bonchev–Trinajstić information content (AvgIpc) is 2.99. The van der Waals surface area contributed by atoms with E-state index in [-0.39, 0.29) is 12.5 Å². The molecule has 6 heteroatoms. The van der Waals surface area contributed by atoms with Crippen LogP contribution >= 0.6 is 0 Å². The van der Waals surface area contributed by atoms with E-state index < -0.39 is 0 Å². The number of amides is 1. The van der Waals surface area contributed by atoms with Crippen LogP contribution in [0.15, 0.2) is 52.2 Å². The van der Waals surface area contributed by atoms with Crippen LogP contribution in [0, 0.1) is 0 Å². The zero-order valence-electron chi connectivity index (χ0n) is 10.9. The van der Waals surface area contributed by atoms with E-state index >= 15 is 0 Å². The zero-order chi connectivity index (χ0) is 14.2. The van der Waals surface area contributed by atoms with Crippen molar-refractivity contribution >= 4 is 12.1 Å². The normalized spacial score (nSPS) is 10.4. The number of nitrogens with one attached hydrogen (secondary N) is 1. The van der Waals surface area contributed by atoms with Gasteiger partial charge in [0.15, 0.2) is 6.61 Å². The highest BCUT2D eigenvalue weighted by molar-refractivity contribution is 5.81. The van der Waals surface area contributed by atoms with Gasteiger partial charge in [0.25, 0.3) is 5.91 Å². The molecule has 1 amide bonds. The number of rotatable bonds is 6. The maximum atomic E-state index is 11.5. The molecule has 1 heterocycles. The second-order valence-electron chi connectivity index (χ2n) is 3.77. The predicted octanol–water partition coefficient (Wildman–Crippen LogP) is 1.82. The molecule has 0 unspecified atom stereocenters. The van der Waals surface area contributed by atoms with Gasteiger partial charge in [0, 0.05) is 0 Å². The van der Waals surface area contributed by atoms with Gasteiger partial charge in [0.1, 0.15) is 17.3 Å². The summed E-state index contributed by atoms with van der Waals surface area (Å²) in [6.45, 7) is -0.123. The Morgan fingerprint density at radius 1 is 1.30 bits per heavy atom. The van der Waals surface area contributed by atoms with Gasteiger partial charge < -0.3 is 13.9 Å². The Labute approximate surface area is 116 Å². The van der Waals surface area contributed by atoms with Gasteiger partial charge in [-0.25, -0.2) is 5.43 Å². The molecule has 0 aliphatic carbocycles. The maximum absolute atomic E-state index is 11.5. The predicted molar refractivity (Wildman–Crippen MR) is 72.9 cm³/mol. The van der Waals surface area contributed by atoms with Crippen molar-refractivity contribution in [2.45, 2.75) is 0 Å². The lowest BCUT2D eigenvalue weighted by Gasteiger charge is -2.05. The minimum absolute atomic E-state index is 0.123. The Hall–Kier alpha value is -2.76. The summed E-state index contributed by atoms with van der Waals surface area (Å²) < 4.78 is 15.3. The van der Waals surface area contributed by atoms with Crippen molar-refractivity contribution in [3.05, 3.63) is 48.4 Å². The Morgan fingerprint density at radius 3 is 2.70 bits per heavy atom. The van der Waals surface area contributed by atoms with Crippen molar-refractivity contribution in [1.82, 2.24) is 5.43 Å². The number of furan rings is 1. The lowest BCUT2D eigenvalue weighted by atomic mass is 10.3. The third-order valence-corrected chi connectivity index (χ3v) is 2.35. The molecule has 0 bridgehead atoms. The molecule has 0 fully saturated rings. The monoisotopic (exact) mass is 274 g/mol. The van der Waals surface area contributed by atoms with Gasteiger partial charge in [-0.2, -0.15) is 5.10 Å². The van der Waals surface area contributed by atoms with Crippen molar-refractivity contribution in [1.29, 1.82) is 0 Å². The summed E-state index contributed by atoms with van der Waals surface area (Å²) in [4.78, 5) is 11.5. The summed E-state index contributed by atoms with van der Waals surface area (Å²) in [6.07, 6.45) is 2.93. The Bertz CT molecular complexity index is 561. The van der Waals surface area contributed by atoms with Crippen LogP contribution in [0.5, 0.6) is 11.5 Å². The first-order chi connectivity index (χ1) is 9.78. The topological polar surface area (TPSA) is 73.1 Å². The highest BCUT2D eigenvalue weighted by Crippen LogP contribution is 2.16. The first kappa shape index (κ1) is 13.7. The Kier molecular flexibility index (Phi) is 4.77. The highest BCUT2D eigenvalue weighted by Gasteiger charge is 2.01. The number of methoxy groups -OCH3 is 1. The molecule has 0 spiro atoms. The van der Waals surface area contributed by atoms with Crippen LogP contribution < -0.4 is 14.9 Å². The van der Waals surface area contributed by atoms with E-state index in [4.69, 9.17) is 13.9 Å². The van der Waals surface area contributed by atoms with Crippen LogP contribution in [-0.2, 0) is 4.79 Å². The molecule has 2 aromatic rings. The van der Waals surface area contributed by atoms with Crippen molar-refractivity contribution < 1.29 is 18.7 Å². The van der Waals surface area contributed by atoms with Crippen LogP contribution in [0.25, 0.3) is 0 Å². The molecular weight excluding hydrogens is 260 g/mol. The van der Waals surface area contributed by atoms with E-state index in [0.717, 1.165) is 5.75 Å². The van der Waals surface area contributed by atoms with E-state index in [1.807, 2.05) is 0 Å². The molecule has 1 aromatic heterocycles. The molecule has 0 radical (unpaired) electrons. The number of nitrogens with zero attached hydrogens (tertiary/aromatic N) is 1. The van der Waals surface area contributed by atoms with Gasteiger partial charge in [0.05, 0.1) is 19.6 Å². The SMILES string of the molecule is COc1ccc(OCC(=O)NN=Cc2ccco2)cc1. The molecule has 0 atom stereocenters. The molecule has 1 aromatic carbocycles. The van der Waals surface area contributed by atoms with Gasteiger partial charge in [-0.3, -0.25) is 4.79 Å². The van der Waals surface area contributed by atoms with Crippen LogP contribution in [0.3, 0.4) is 0 Å². The summed E-state index contributed by atoms with van der Waals surface area (Å²) in [5.41, 5.74) is 2.33. The van der Waals surface area contributed by atoms with Crippen molar-refractivity contribution in [3.8, 4) is 11.5 Å². The first-order valence-corrected chi connectivity index (χ1v) is 5.90. The number of carbonyl (C=O) groups excluding carboxylic acids is 1. The summed E-state index contributed by atoms with van der Waals surface area (Å²) in [6, 6.07) is 10.4. The van der Waals surface area contributed by atoms with Crippen molar-refractivity contribution in [2.24, 2.45) is 5.10 Å². The van der Waals surface area contributed by atoms with Crippen molar-refractivity contribution in [2.75, 3.05) is 13.7 Å². The minimum atomic E-state index is -0.358. The second-order valence-corrected chi connectivity index (χ2v) is 3.77. The number of carbonyl (C=O) groups is 1. The molecule has 2 rings (SSSR count). The second kappa shape index (κ2) is 6.98. The first-order valence-electron chi connectivity index (χ1n) is 5.90. The smallest absolute Gasteiger partial charge is 0.277 e. The molecule has 20 heavy (non-hydrogen) atoms. The third kappa shape index (κ3) is 4.16. The van der Waals surface area contributed by atoms with Crippen LogP contribution in [0.2, 0.25) is 0 Å². The fourth-order valence-corrected chi connectivity index (χ4v) is 1.39. The van der Waals surface area contributed by atoms with Crippen LogP contribution in [-0.4, -0.2) is 25.8 Å². The van der Waals surface area contributed by atoms with Gasteiger partial charge in [0.2, 0.25) is 0 Å². The highest BCUT2D eigenvalue weighted by atomic mass is 16.5. The van der Waals surface area contributed by atoms with Gasteiger partial charge in [-0.05, 0) is 36.4 Å². The molecule has 1 N–H and O–H groups in total. The molecule has 0 aliphatic heterocycles. The number of benzene rings is 1. The number of ether oxygens (including phenoxy) is 2. The van der Waals surface area contributed by atoms with E-state index in [0.29, 0.717) is 11.5 Å². The van der Waals surface area contributed by atoms with Gasteiger partial charge in [-0.15, -0.1) is 0 Å². The van der Waals surface area contributed by atoms with Gasteiger partial charge >= 0.3 is 0 Å². The third-order valence-electron chi connectivity index (χ3n) is 2.35. The molecule has 104 valence electrons. The molecule has 6 nitrogen and oxygen atoms in total. The van der Waals surface area contributed by atoms with Crippen LogP contribution in [0.4, 0.5) is 0 Å². The summed E-state index contributed by atoms with van der Waals surface area (Å²) in [7, 11) is 1.58. The number of hydrazone groups is 1. The summed E-state index contributed by atoms with van der Waals surface area (Å²) >= 11 is 0. The Balaban J connectivity index is 1.74. The zero-order valence-corrected chi connectivity index (χ0v) is 10.9. The number of hydrogen-bond donors (Lipinski definition) is 1. The molecule has 0 aliphatic rings. The van der Waals surface area contributed by atoms with E-state index in [1.165, 1.54) is 12.5 Å². The molecule has 0 saturated heterocycles. The Morgan fingerprint density at radius 2 is 2.05 bits per heavy atom. The minimum Gasteiger partial charge on any atom is -0.497 e. The van der Waals surface area contributed by atoms with Gasteiger partial charge in [-0.1, -0.05) is 0 Å². The van der Waals surface area contributed by atoms with E-state index in [2.05, 4.69) is 10.5 Å². The van der Waals surface area contributed by atoms with Crippen molar-refractivity contribution in [3.63, 3.8) is 0 Å². The number of hydrogen-bond acceptors (Lipinski definition) is 5. The lowest BCUT2D eigenvalue weighted by Crippen LogP contribution is -2.24. The summed E-state index contributed by atoms with van der Waals surface area (Å²) in [5.74, 6) is 1.51. The lowest BCUT2D eigenvalue weighted by molar-refractivity contribution is -0.123. The fourth-order valence-electron chi connectivity index (χ4n) is 1.39. The van der Waals surface area contributed by atoms with E-state index in [9.17, 15) is 4.79 Å². The quantitative estimate of drug-likeness (QED) is 0.644. The standard InChI is InChI=1S/C14H14N2O4/c1-18-11-4-6-12(7-5-11)20-10-14(17)16-15-9-13-3-2-8-19-13/h2-9H,10H2,1H3,(H,16,17). The van der Waals surface area contributed by atoms with E-state index in [1.54, 1.807) is 43.5 Å². The fraction of sp³-hybridized carbons (Fsp3) is 0.143. The molecule has 0 saturated carbocycles. The maximum Gasteiger partial charge on any atom is 0.277 e. The molecular formula is C14H14N2O4. The summed E-state index contributed by atoms with van der Waals surface area (Å²) in [5, 5.41) is 3.74. The largest absolute Gasteiger partial charge is 0.497 e.